The number of hydrogen-bond acceptors (Lipinski definition) is 2. The van der Waals surface area contributed by atoms with Crippen LogP contribution in [0.3, 0.4) is 0 Å². The Labute approximate surface area is 98.2 Å². The number of nitrogens with two attached hydrogens (primary N) is 1. The number of aryl methyl sites for hydroxylation is 2. The molecule has 0 atom stereocenters. The van der Waals surface area contributed by atoms with Crippen molar-refractivity contribution < 1.29 is 0 Å². The second-order valence-electron chi connectivity index (χ2n) is 5.53. The molecule has 0 fully saturated rings. The van der Waals surface area contributed by atoms with Crippen LogP contribution in [0.25, 0.3) is 0 Å². The zero-order valence-electron chi connectivity index (χ0n) is 10.3. The Kier molecular flexibility index (Phi) is 3.20. The van der Waals surface area contributed by atoms with Crippen LogP contribution in [-0.4, -0.2) is 12.1 Å². The predicted octanol–water partition coefficient (Wildman–Crippen LogP) is 2.71. The van der Waals surface area contributed by atoms with E-state index in [-0.39, 0.29) is 5.54 Å². The zero-order valence-corrected chi connectivity index (χ0v) is 10.3. The molecule has 0 saturated heterocycles. The Hall–Kier alpha value is -1.02. The standard InChI is InChI=1S/C14H22N2/c1-14(2,15)10-16-13-8-7-11-5-3-4-6-12(11)9-13/h7-9,16H,3-6,10,15H2,1-2H3. The van der Waals surface area contributed by atoms with E-state index in [4.69, 9.17) is 5.73 Å². The summed E-state index contributed by atoms with van der Waals surface area (Å²) in [5, 5.41) is 3.41. The topological polar surface area (TPSA) is 38.0 Å². The molecule has 1 aliphatic rings. The quantitative estimate of drug-likeness (QED) is 0.818. The smallest absolute Gasteiger partial charge is 0.0343 e. The molecule has 0 aliphatic heterocycles. The molecule has 0 saturated carbocycles. The molecule has 88 valence electrons. The van der Waals surface area contributed by atoms with Gasteiger partial charge < -0.3 is 11.1 Å². The van der Waals surface area contributed by atoms with Gasteiger partial charge in [0.05, 0.1) is 0 Å². The van der Waals surface area contributed by atoms with Gasteiger partial charge in [-0.25, -0.2) is 0 Å². The Morgan fingerprint density at radius 3 is 2.56 bits per heavy atom. The lowest BCUT2D eigenvalue weighted by Crippen LogP contribution is -2.39. The molecule has 0 bridgehead atoms. The maximum Gasteiger partial charge on any atom is 0.0343 e. The second-order valence-corrected chi connectivity index (χ2v) is 5.53. The first-order valence-electron chi connectivity index (χ1n) is 6.19. The molecule has 2 heteroatoms. The highest BCUT2D eigenvalue weighted by molar-refractivity contribution is 5.49. The fourth-order valence-corrected chi connectivity index (χ4v) is 2.17. The second kappa shape index (κ2) is 4.46. The summed E-state index contributed by atoms with van der Waals surface area (Å²) >= 11 is 0. The Balaban J connectivity index is 2.06. The fourth-order valence-electron chi connectivity index (χ4n) is 2.17. The van der Waals surface area contributed by atoms with Gasteiger partial charge >= 0.3 is 0 Å². The van der Waals surface area contributed by atoms with Gasteiger partial charge in [0.25, 0.3) is 0 Å². The molecule has 16 heavy (non-hydrogen) atoms. The highest BCUT2D eigenvalue weighted by Gasteiger charge is 2.12. The highest BCUT2D eigenvalue weighted by atomic mass is 14.9. The molecule has 0 amide bonds. The summed E-state index contributed by atoms with van der Waals surface area (Å²) < 4.78 is 0. The predicted molar refractivity (Wildman–Crippen MR) is 69.8 cm³/mol. The minimum absolute atomic E-state index is 0.157. The largest absolute Gasteiger partial charge is 0.383 e. The van der Waals surface area contributed by atoms with E-state index in [1.165, 1.54) is 42.5 Å². The Bertz CT molecular complexity index is 363. The van der Waals surface area contributed by atoms with E-state index in [0.29, 0.717) is 0 Å². The van der Waals surface area contributed by atoms with Crippen LogP contribution in [0.5, 0.6) is 0 Å². The monoisotopic (exact) mass is 218 g/mol. The van der Waals surface area contributed by atoms with Crippen molar-refractivity contribution in [2.45, 2.75) is 45.1 Å². The van der Waals surface area contributed by atoms with Crippen molar-refractivity contribution in [3.05, 3.63) is 29.3 Å². The van der Waals surface area contributed by atoms with Gasteiger partial charge in [-0.05, 0) is 62.8 Å². The zero-order chi connectivity index (χ0) is 11.6. The maximum absolute atomic E-state index is 5.96. The van der Waals surface area contributed by atoms with Crippen LogP contribution in [-0.2, 0) is 12.8 Å². The van der Waals surface area contributed by atoms with Gasteiger partial charge in [0.15, 0.2) is 0 Å². The van der Waals surface area contributed by atoms with E-state index >= 15 is 0 Å². The van der Waals surface area contributed by atoms with Crippen molar-refractivity contribution in [1.82, 2.24) is 0 Å². The fraction of sp³-hybridized carbons (Fsp3) is 0.571. The third kappa shape index (κ3) is 2.99. The van der Waals surface area contributed by atoms with Crippen LogP contribution in [0.4, 0.5) is 5.69 Å². The lowest BCUT2D eigenvalue weighted by Gasteiger charge is -2.21. The first-order valence-corrected chi connectivity index (χ1v) is 6.19. The molecule has 3 N–H and O–H groups in total. The van der Waals surface area contributed by atoms with E-state index in [0.717, 1.165) is 6.54 Å². The number of rotatable bonds is 3. The van der Waals surface area contributed by atoms with Crippen molar-refractivity contribution in [3.63, 3.8) is 0 Å². The number of nitrogens with one attached hydrogen (secondary N) is 1. The summed E-state index contributed by atoms with van der Waals surface area (Å²) in [6, 6.07) is 6.73. The molecule has 0 radical (unpaired) electrons. The van der Waals surface area contributed by atoms with Crippen molar-refractivity contribution in [3.8, 4) is 0 Å². The number of anilines is 1. The number of benzene rings is 1. The average molecular weight is 218 g/mol. The highest BCUT2D eigenvalue weighted by Crippen LogP contribution is 2.24. The van der Waals surface area contributed by atoms with Gasteiger partial charge in [-0.1, -0.05) is 6.07 Å². The molecule has 2 nitrogen and oxygen atoms in total. The minimum atomic E-state index is -0.157. The molecule has 0 aromatic heterocycles. The molecule has 1 aromatic carbocycles. The van der Waals surface area contributed by atoms with Gasteiger partial charge in [-0.2, -0.15) is 0 Å². The first kappa shape index (κ1) is 11.5. The van der Waals surface area contributed by atoms with E-state index < -0.39 is 0 Å². The van der Waals surface area contributed by atoms with Gasteiger partial charge in [0.2, 0.25) is 0 Å². The molecular weight excluding hydrogens is 196 g/mol. The van der Waals surface area contributed by atoms with Crippen LogP contribution < -0.4 is 11.1 Å². The van der Waals surface area contributed by atoms with Crippen LogP contribution in [0, 0.1) is 0 Å². The lowest BCUT2D eigenvalue weighted by molar-refractivity contribution is 0.549. The third-order valence-electron chi connectivity index (χ3n) is 3.10. The summed E-state index contributed by atoms with van der Waals surface area (Å²) in [7, 11) is 0. The summed E-state index contributed by atoms with van der Waals surface area (Å²) in [5.41, 5.74) is 10.1. The molecule has 0 unspecified atom stereocenters. The van der Waals surface area contributed by atoms with Crippen LogP contribution in [0.2, 0.25) is 0 Å². The molecular formula is C14H22N2. The summed E-state index contributed by atoms with van der Waals surface area (Å²) in [6.07, 6.45) is 5.16. The summed E-state index contributed by atoms with van der Waals surface area (Å²) in [4.78, 5) is 0. The Morgan fingerprint density at radius 1 is 1.19 bits per heavy atom. The number of hydrogen-bond donors (Lipinski definition) is 2. The SMILES string of the molecule is CC(C)(N)CNc1ccc2c(c1)CCCC2. The molecule has 0 heterocycles. The van der Waals surface area contributed by atoms with E-state index in [1.807, 2.05) is 13.8 Å². The average Bonchev–Trinajstić information content (AvgIpc) is 2.25. The molecule has 2 rings (SSSR count). The van der Waals surface area contributed by atoms with Crippen molar-refractivity contribution in [1.29, 1.82) is 0 Å². The molecule has 0 spiro atoms. The van der Waals surface area contributed by atoms with Gasteiger partial charge in [0, 0.05) is 17.8 Å². The van der Waals surface area contributed by atoms with Crippen molar-refractivity contribution >= 4 is 5.69 Å². The maximum atomic E-state index is 5.96. The third-order valence-corrected chi connectivity index (χ3v) is 3.10. The van der Waals surface area contributed by atoms with Crippen molar-refractivity contribution in [2.24, 2.45) is 5.73 Å². The van der Waals surface area contributed by atoms with Crippen molar-refractivity contribution in [2.75, 3.05) is 11.9 Å². The Morgan fingerprint density at radius 2 is 1.88 bits per heavy atom. The van der Waals surface area contributed by atoms with E-state index in [2.05, 4.69) is 23.5 Å². The van der Waals surface area contributed by atoms with Crippen LogP contribution in [0.15, 0.2) is 18.2 Å². The van der Waals surface area contributed by atoms with Gasteiger partial charge in [-0.3, -0.25) is 0 Å². The minimum Gasteiger partial charge on any atom is -0.383 e. The summed E-state index contributed by atoms with van der Waals surface area (Å²) in [5.74, 6) is 0. The van der Waals surface area contributed by atoms with Gasteiger partial charge in [-0.15, -0.1) is 0 Å². The number of fused-ring (bicyclic) bond motifs is 1. The van der Waals surface area contributed by atoms with Crippen LogP contribution >= 0.6 is 0 Å². The molecule has 1 aromatic rings. The van der Waals surface area contributed by atoms with Gasteiger partial charge in [0.1, 0.15) is 0 Å². The van der Waals surface area contributed by atoms with E-state index in [9.17, 15) is 0 Å². The van der Waals surface area contributed by atoms with Crippen LogP contribution in [0.1, 0.15) is 37.8 Å². The molecule has 1 aliphatic carbocycles. The first-order chi connectivity index (χ1) is 7.54. The summed E-state index contributed by atoms with van der Waals surface area (Å²) in [6.45, 7) is 4.89. The lowest BCUT2D eigenvalue weighted by atomic mass is 9.91. The van der Waals surface area contributed by atoms with E-state index in [1.54, 1.807) is 0 Å². The normalized spacial score (nSPS) is 15.7.